The van der Waals surface area contributed by atoms with Crippen LogP contribution in [0.3, 0.4) is 0 Å². The minimum atomic E-state index is 0.869. The fraction of sp³-hybridized carbons (Fsp3) is 1.00. The molecule has 0 radical (unpaired) electrons. The van der Waals surface area contributed by atoms with Crippen molar-refractivity contribution < 1.29 is 0 Å². The summed E-state index contributed by atoms with van der Waals surface area (Å²) < 4.78 is 0. The van der Waals surface area contributed by atoms with Crippen LogP contribution in [0.4, 0.5) is 0 Å². The zero-order valence-corrected chi connectivity index (χ0v) is 9.28. The monoisotopic (exact) mass is 237 g/mol. The van der Waals surface area contributed by atoms with Crippen molar-refractivity contribution in [1.82, 2.24) is 16.4 Å². The second-order valence-corrected chi connectivity index (χ2v) is 5.57. The third-order valence-corrected chi connectivity index (χ3v) is 4.13. The van der Waals surface area contributed by atoms with E-state index in [1.54, 1.807) is 0 Å². The number of hydrogen-bond donors (Lipinski definition) is 3. The van der Waals surface area contributed by atoms with Crippen LogP contribution >= 0.6 is 0 Å². The summed E-state index contributed by atoms with van der Waals surface area (Å²) in [6, 6.07) is 0. The maximum atomic E-state index is 3.16. The summed E-state index contributed by atoms with van der Waals surface area (Å²) in [7, 11) is 0. The van der Waals surface area contributed by atoms with Gasteiger partial charge in [-0.3, -0.25) is 0 Å². The van der Waals surface area contributed by atoms with E-state index in [-0.39, 0.29) is 0 Å². The molecule has 0 saturated carbocycles. The Kier molecular flexibility index (Phi) is 7.00. The molecule has 4 heteroatoms. The van der Waals surface area contributed by atoms with E-state index >= 15 is 0 Å². The van der Waals surface area contributed by atoms with Crippen molar-refractivity contribution in [2.24, 2.45) is 0 Å². The van der Waals surface area contributed by atoms with E-state index < -0.39 is 0 Å². The normalized spacial score (nSPS) is 24.0. The Labute approximate surface area is 81.2 Å². The van der Waals surface area contributed by atoms with Crippen molar-refractivity contribution >= 4 is 15.0 Å². The molecule has 0 aromatic carbocycles. The number of nitrogens with one attached hydrogen (secondary N) is 3. The van der Waals surface area contributed by atoms with Gasteiger partial charge < -0.3 is 0 Å². The molecule has 0 spiro atoms. The van der Waals surface area contributed by atoms with E-state index in [1.165, 1.54) is 36.3 Å². The molecule has 72 valence electrons. The second kappa shape index (κ2) is 8.02. The molecule has 1 aliphatic rings. The maximum absolute atomic E-state index is 3.16. The molecule has 1 saturated heterocycles. The number of hydrazine groups is 2. The Hall–Kier alpha value is 0.399. The van der Waals surface area contributed by atoms with Crippen LogP contribution in [0.5, 0.6) is 0 Å². The average Bonchev–Trinajstić information content (AvgIpc) is 2.05. The molecular formula is C8H19N3Se. The van der Waals surface area contributed by atoms with E-state index in [0.29, 0.717) is 0 Å². The fourth-order valence-electron chi connectivity index (χ4n) is 1.18. The van der Waals surface area contributed by atoms with Crippen molar-refractivity contribution in [2.75, 3.05) is 13.1 Å². The molecule has 0 aliphatic carbocycles. The van der Waals surface area contributed by atoms with E-state index in [9.17, 15) is 0 Å². The SMILES string of the molecule is C1CCC[Se]CCNNNCC1. The van der Waals surface area contributed by atoms with E-state index in [0.717, 1.165) is 28.0 Å². The van der Waals surface area contributed by atoms with Crippen molar-refractivity contribution in [2.45, 2.75) is 36.3 Å². The molecule has 0 atom stereocenters. The molecule has 0 aromatic rings. The van der Waals surface area contributed by atoms with Crippen LogP contribution in [-0.2, 0) is 0 Å². The Morgan fingerprint density at radius 1 is 0.750 bits per heavy atom. The van der Waals surface area contributed by atoms with Gasteiger partial charge in [0.05, 0.1) is 0 Å². The summed E-state index contributed by atoms with van der Waals surface area (Å²) >= 11 is 0.869. The van der Waals surface area contributed by atoms with Crippen LogP contribution in [0.2, 0.25) is 10.6 Å². The molecule has 3 N–H and O–H groups in total. The van der Waals surface area contributed by atoms with Gasteiger partial charge in [0.25, 0.3) is 0 Å². The Morgan fingerprint density at radius 2 is 1.58 bits per heavy atom. The zero-order chi connectivity index (χ0) is 8.49. The van der Waals surface area contributed by atoms with Crippen molar-refractivity contribution in [3.8, 4) is 0 Å². The first-order valence-corrected chi connectivity index (χ1v) is 7.21. The van der Waals surface area contributed by atoms with Crippen molar-refractivity contribution in [1.29, 1.82) is 0 Å². The van der Waals surface area contributed by atoms with Gasteiger partial charge in [-0.1, -0.05) is 0 Å². The second-order valence-electron chi connectivity index (χ2n) is 3.01. The number of rotatable bonds is 0. The predicted molar refractivity (Wildman–Crippen MR) is 53.0 cm³/mol. The molecule has 0 unspecified atom stereocenters. The van der Waals surface area contributed by atoms with Gasteiger partial charge in [0, 0.05) is 0 Å². The summed E-state index contributed by atoms with van der Waals surface area (Å²) in [6.07, 6.45) is 5.55. The van der Waals surface area contributed by atoms with Crippen molar-refractivity contribution in [3.05, 3.63) is 0 Å². The van der Waals surface area contributed by atoms with Crippen LogP contribution in [0.15, 0.2) is 0 Å². The van der Waals surface area contributed by atoms with Crippen molar-refractivity contribution in [3.63, 3.8) is 0 Å². The summed E-state index contributed by atoms with van der Waals surface area (Å²) in [5.74, 6) is 0. The van der Waals surface area contributed by atoms with Gasteiger partial charge in [-0.2, -0.15) is 0 Å². The molecule has 1 rings (SSSR count). The van der Waals surface area contributed by atoms with E-state index in [1.807, 2.05) is 0 Å². The zero-order valence-electron chi connectivity index (χ0n) is 7.57. The molecule has 0 bridgehead atoms. The molecule has 0 amide bonds. The minimum absolute atomic E-state index is 0.869. The molecule has 0 aromatic heterocycles. The fourth-order valence-corrected chi connectivity index (χ4v) is 2.99. The summed E-state index contributed by atoms with van der Waals surface area (Å²) in [6.45, 7) is 2.19. The molecule has 1 heterocycles. The average molecular weight is 236 g/mol. The van der Waals surface area contributed by atoms with Gasteiger partial charge in [-0.05, 0) is 0 Å². The van der Waals surface area contributed by atoms with E-state index in [4.69, 9.17) is 0 Å². The Balaban J connectivity index is 2.00. The molecule has 1 fully saturated rings. The standard InChI is InChI=1S/C8H19N3Se/c1-2-4-7-12-8-6-10-11-9-5-3-1/h9-11H,1-8H2. The third-order valence-electron chi connectivity index (χ3n) is 1.89. The van der Waals surface area contributed by atoms with Gasteiger partial charge >= 0.3 is 80.8 Å². The summed E-state index contributed by atoms with van der Waals surface area (Å²) in [5, 5.41) is 2.82. The Morgan fingerprint density at radius 3 is 2.58 bits per heavy atom. The first-order chi connectivity index (χ1) is 6.00. The predicted octanol–water partition coefficient (Wildman–Crippen LogP) is 0.700. The van der Waals surface area contributed by atoms with Gasteiger partial charge in [-0.15, -0.1) is 0 Å². The molecular weight excluding hydrogens is 217 g/mol. The van der Waals surface area contributed by atoms with Crippen LogP contribution in [0.1, 0.15) is 25.7 Å². The van der Waals surface area contributed by atoms with Gasteiger partial charge in [-0.25, -0.2) is 0 Å². The van der Waals surface area contributed by atoms with Crippen LogP contribution < -0.4 is 16.4 Å². The third kappa shape index (κ3) is 5.98. The van der Waals surface area contributed by atoms with Gasteiger partial charge in [0.1, 0.15) is 0 Å². The Bertz CT molecular complexity index is 57.3. The molecule has 1 aliphatic heterocycles. The van der Waals surface area contributed by atoms with Crippen LogP contribution in [0.25, 0.3) is 0 Å². The quantitative estimate of drug-likeness (QED) is 0.542. The van der Waals surface area contributed by atoms with Gasteiger partial charge in [0.2, 0.25) is 0 Å². The number of hydrogen-bond acceptors (Lipinski definition) is 3. The first kappa shape index (κ1) is 10.5. The van der Waals surface area contributed by atoms with Crippen LogP contribution in [-0.4, -0.2) is 28.0 Å². The topological polar surface area (TPSA) is 36.1 Å². The molecule has 3 nitrogen and oxygen atoms in total. The first-order valence-electron chi connectivity index (χ1n) is 4.78. The molecule has 12 heavy (non-hydrogen) atoms. The van der Waals surface area contributed by atoms with E-state index in [2.05, 4.69) is 16.4 Å². The van der Waals surface area contributed by atoms with Gasteiger partial charge in [0.15, 0.2) is 0 Å². The van der Waals surface area contributed by atoms with Crippen LogP contribution in [0, 0.1) is 0 Å². The summed E-state index contributed by atoms with van der Waals surface area (Å²) in [4.78, 5) is 0. The summed E-state index contributed by atoms with van der Waals surface area (Å²) in [5.41, 5.74) is 9.32.